The standard InChI is InChI=1S/C15H15N3O5S/c1-11(19)12-5-7-13(8-6-12)24(22,23)17-16-14(20)10-18-9-3-2-4-15(18)21/h2-9,17H,10H2,1H3,(H,16,20). The Hall–Kier alpha value is -2.78. The van der Waals surface area contributed by atoms with Crippen molar-refractivity contribution < 1.29 is 18.0 Å². The minimum absolute atomic E-state index is 0.107. The Morgan fingerprint density at radius 1 is 1.08 bits per heavy atom. The maximum Gasteiger partial charge on any atom is 0.257 e. The number of ketones is 1. The van der Waals surface area contributed by atoms with E-state index in [0.717, 1.165) is 4.57 Å². The lowest BCUT2D eigenvalue weighted by atomic mass is 10.2. The van der Waals surface area contributed by atoms with E-state index >= 15 is 0 Å². The Balaban J connectivity index is 2.02. The number of hydrazine groups is 1. The van der Waals surface area contributed by atoms with Crippen LogP contribution in [0.1, 0.15) is 17.3 Å². The van der Waals surface area contributed by atoms with Crippen LogP contribution < -0.4 is 15.8 Å². The van der Waals surface area contributed by atoms with Crippen molar-refractivity contribution in [2.24, 2.45) is 0 Å². The van der Waals surface area contributed by atoms with Crippen LogP contribution in [0, 0.1) is 0 Å². The molecule has 1 amide bonds. The lowest BCUT2D eigenvalue weighted by Gasteiger charge is -2.09. The number of amides is 1. The van der Waals surface area contributed by atoms with E-state index in [1.54, 1.807) is 6.07 Å². The zero-order chi connectivity index (χ0) is 17.7. The number of hydrogen-bond acceptors (Lipinski definition) is 5. The van der Waals surface area contributed by atoms with Gasteiger partial charge in [0.05, 0.1) is 4.90 Å². The summed E-state index contributed by atoms with van der Waals surface area (Å²) < 4.78 is 25.2. The molecule has 126 valence electrons. The molecule has 0 saturated carbocycles. The Morgan fingerprint density at radius 2 is 1.75 bits per heavy atom. The van der Waals surface area contributed by atoms with Crippen molar-refractivity contribution >= 4 is 21.7 Å². The number of aromatic nitrogens is 1. The lowest BCUT2D eigenvalue weighted by molar-refractivity contribution is -0.122. The summed E-state index contributed by atoms with van der Waals surface area (Å²) in [6.45, 7) is 1.04. The third kappa shape index (κ3) is 4.37. The second kappa shape index (κ2) is 7.20. The fourth-order valence-corrected chi connectivity index (χ4v) is 2.70. The van der Waals surface area contributed by atoms with Gasteiger partial charge < -0.3 is 4.57 Å². The van der Waals surface area contributed by atoms with E-state index in [9.17, 15) is 22.8 Å². The molecule has 1 aromatic heterocycles. The Labute approximate surface area is 138 Å². The molecule has 1 aromatic carbocycles. The van der Waals surface area contributed by atoms with E-state index in [1.807, 2.05) is 10.3 Å². The maximum absolute atomic E-state index is 12.1. The normalized spacial score (nSPS) is 11.0. The van der Waals surface area contributed by atoms with E-state index in [4.69, 9.17) is 0 Å². The van der Waals surface area contributed by atoms with E-state index in [1.165, 1.54) is 49.5 Å². The first-order chi connectivity index (χ1) is 11.3. The van der Waals surface area contributed by atoms with Gasteiger partial charge in [0.2, 0.25) is 0 Å². The van der Waals surface area contributed by atoms with Gasteiger partial charge in [0.25, 0.3) is 21.5 Å². The number of rotatable bonds is 6. The molecule has 2 aromatic rings. The topological polar surface area (TPSA) is 114 Å². The van der Waals surface area contributed by atoms with E-state index in [0.29, 0.717) is 5.56 Å². The number of nitrogens with one attached hydrogen (secondary N) is 2. The van der Waals surface area contributed by atoms with Gasteiger partial charge in [-0.05, 0) is 25.1 Å². The van der Waals surface area contributed by atoms with Gasteiger partial charge in [-0.2, -0.15) is 0 Å². The third-order valence-electron chi connectivity index (χ3n) is 3.11. The molecule has 0 radical (unpaired) electrons. The minimum atomic E-state index is -3.98. The highest BCUT2D eigenvalue weighted by atomic mass is 32.2. The molecule has 0 aliphatic heterocycles. The quantitative estimate of drug-likeness (QED) is 0.565. The van der Waals surface area contributed by atoms with Crippen LogP contribution in [0.4, 0.5) is 0 Å². The van der Waals surface area contributed by atoms with Crippen LogP contribution in [0.25, 0.3) is 0 Å². The van der Waals surface area contributed by atoms with Gasteiger partial charge in [0, 0.05) is 17.8 Å². The molecule has 2 N–H and O–H groups in total. The number of nitrogens with zero attached hydrogens (tertiary/aromatic N) is 1. The van der Waals surface area contributed by atoms with Crippen molar-refractivity contribution in [2.75, 3.05) is 0 Å². The van der Waals surface area contributed by atoms with E-state index in [-0.39, 0.29) is 22.8 Å². The predicted molar refractivity (Wildman–Crippen MR) is 85.6 cm³/mol. The molecule has 0 aliphatic carbocycles. The Bertz CT molecular complexity index is 917. The first-order valence-electron chi connectivity index (χ1n) is 6.87. The number of carbonyl (C=O) groups is 2. The molecular weight excluding hydrogens is 334 g/mol. The zero-order valence-corrected chi connectivity index (χ0v) is 13.5. The average molecular weight is 349 g/mol. The molecule has 0 spiro atoms. The predicted octanol–water partition coefficient (Wildman–Crippen LogP) is 0.0606. The van der Waals surface area contributed by atoms with Crippen molar-refractivity contribution in [1.29, 1.82) is 0 Å². The number of benzene rings is 1. The molecule has 9 heteroatoms. The highest BCUT2D eigenvalue weighted by molar-refractivity contribution is 7.89. The van der Waals surface area contributed by atoms with Crippen LogP contribution in [0.15, 0.2) is 58.4 Å². The summed E-state index contributed by atoms with van der Waals surface area (Å²) >= 11 is 0. The third-order valence-corrected chi connectivity index (χ3v) is 4.37. The van der Waals surface area contributed by atoms with Crippen LogP contribution in [-0.4, -0.2) is 24.7 Å². The molecular formula is C15H15N3O5S. The maximum atomic E-state index is 12.1. The summed E-state index contributed by atoms with van der Waals surface area (Å²) in [4.78, 5) is 36.2. The Morgan fingerprint density at radius 3 is 2.33 bits per heavy atom. The number of carbonyl (C=O) groups excluding carboxylic acids is 2. The summed E-state index contributed by atoms with van der Waals surface area (Å²) in [6.07, 6.45) is 1.41. The average Bonchev–Trinajstić information content (AvgIpc) is 2.55. The van der Waals surface area contributed by atoms with E-state index < -0.39 is 15.9 Å². The van der Waals surface area contributed by atoms with Crippen LogP contribution in [-0.2, 0) is 21.4 Å². The molecule has 2 rings (SSSR count). The summed E-state index contributed by atoms with van der Waals surface area (Å²) in [7, 11) is -3.98. The zero-order valence-electron chi connectivity index (χ0n) is 12.7. The number of pyridine rings is 1. The van der Waals surface area contributed by atoms with E-state index in [2.05, 4.69) is 0 Å². The smallest absolute Gasteiger partial charge is 0.257 e. The summed E-state index contributed by atoms with van der Waals surface area (Å²) in [5.41, 5.74) is 2.03. The van der Waals surface area contributed by atoms with Gasteiger partial charge in [0.1, 0.15) is 6.54 Å². The largest absolute Gasteiger partial charge is 0.306 e. The van der Waals surface area contributed by atoms with Crippen molar-refractivity contribution in [2.45, 2.75) is 18.4 Å². The van der Waals surface area contributed by atoms with Gasteiger partial charge in [-0.25, -0.2) is 8.42 Å². The molecule has 1 heterocycles. The second-order valence-corrected chi connectivity index (χ2v) is 6.58. The van der Waals surface area contributed by atoms with Gasteiger partial charge in [-0.1, -0.05) is 18.2 Å². The second-order valence-electron chi connectivity index (χ2n) is 4.90. The van der Waals surface area contributed by atoms with Gasteiger partial charge in [0.15, 0.2) is 5.78 Å². The fourth-order valence-electron chi connectivity index (χ4n) is 1.84. The van der Waals surface area contributed by atoms with Crippen LogP contribution in [0.5, 0.6) is 0 Å². The molecule has 0 saturated heterocycles. The summed E-state index contributed by atoms with van der Waals surface area (Å²) in [6, 6.07) is 9.66. The molecule has 0 fully saturated rings. The number of Topliss-reactive ketones (excluding diaryl/α,β-unsaturated/α-hetero) is 1. The van der Waals surface area contributed by atoms with Crippen molar-refractivity contribution in [3.8, 4) is 0 Å². The van der Waals surface area contributed by atoms with Crippen molar-refractivity contribution in [3.63, 3.8) is 0 Å². The number of hydrogen-bond donors (Lipinski definition) is 2. The van der Waals surface area contributed by atoms with Crippen molar-refractivity contribution in [1.82, 2.24) is 14.8 Å². The highest BCUT2D eigenvalue weighted by Gasteiger charge is 2.15. The van der Waals surface area contributed by atoms with Gasteiger partial charge in [-0.15, -0.1) is 4.83 Å². The van der Waals surface area contributed by atoms with Crippen molar-refractivity contribution in [3.05, 3.63) is 64.6 Å². The fraction of sp³-hybridized carbons (Fsp3) is 0.133. The lowest BCUT2D eigenvalue weighted by Crippen LogP contribution is -2.44. The molecule has 0 bridgehead atoms. The molecule has 0 aliphatic rings. The van der Waals surface area contributed by atoms with Gasteiger partial charge >= 0.3 is 0 Å². The van der Waals surface area contributed by atoms with Crippen LogP contribution in [0.3, 0.4) is 0 Å². The summed E-state index contributed by atoms with van der Waals surface area (Å²) in [5, 5.41) is 0. The Kier molecular flexibility index (Phi) is 5.27. The number of sulfonamides is 1. The van der Waals surface area contributed by atoms with Gasteiger partial charge in [-0.3, -0.25) is 19.8 Å². The first-order valence-corrected chi connectivity index (χ1v) is 8.35. The molecule has 0 unspecified atom stereocenters. The minimum Gasteiger partial charge on any atom is -0.306 e. The first kappa shape index (κ1) is 17.6. The van der Waals surface area contributed by atoms with Crippen LogP contribution >= 0.6 is 0 Å². The van der Waals surface area contributed by atoms with Crippen LogP contribution in [0.2, 0.25) is 0 Å². The molecule has 8 nitrogen and oxygen atoms in total. The highest BCUT2D eigenvalue weighted by Crippen LogP contribution is 2.10. The monoisotopic (exact) mass is 349 g/mol. The molecule has 0 atom stereocenters. The molecule has 24 heavy (non-hydrogen) atoms. The summed E-state index contributed by atoms with van der Waals surface area (Å²) in [5.74, 6) is -0.888. The SMILES string of the molecule is CC(=O)c1ccc(S(=O)(=O)NNC(=O)Cn2ccccc2=O)cc1.